The quantitative estimate of drug-likeness (QED) is 0.930. The Balaban J connectivity index is 2.44. The molecule has 0 saturated heterocycles. The topological polar surface area (TPSA) is 74.7 Å². The molecule has 2 rings (SSSR count). The summed E-state index contributed by atoms with van der Waals surface area (Å²) in [5.41, 5.74) is 0.728. The molecule has 0 aromatic heterocycles. The Morgan fingerprint density at radius 2 is 1.95 bits per heavy atom. The van der Waals surface area contributed by atoms with Gasteiger partial charge < -0.3 is 5.11 Å². The predicted molar refractivity (Wildman–Crippen MR) is 82.0 cm³/mol. The van der Waals surface area contributed by atoms with E-state index in [9.17, 15) is 18.3 Å². The third kappa shape index (κ3) is 3.37. The van der Waals surface area contributed by atoms with Gasteiger partial charge in [0, 0.05) is 6.54 Å². The highest BCUT2D eigenvalue weighted by atomic mass is 32.2. The number of nitrogens with zero attached hydrogens (tertiary/aromatic N) is 1. The number of aliphatic carboxylic acids is 1. The van der Waals surface area contributed by atoms with Gasteiger partial charge in [0.05, 0.1) is 17.4 Å². The van der Waals surface area contributed by atoms with E-state index in [0.717, 1.165) is 0 Å². The standard InChI is InChI=1S/C15H21NO4S/c1-15(2,3)10-21(19,20)16-9-8-12(14(17)18)11-6-4-5-7-13(11)16/h4-7,12H,8-10H2,1-3H3,(H,17,18). The molecule has 1 aliphatic heterocycles. The Kier molecular flexibility index (Phi) is 4.02. The summed E-state index contributed by atoms with van der Waals surface area (Å²) < 4.78 is 26.6. The van der Waals surface area contributed by atoms with E-state index in [1.807, 2.05) is 20.8 Å². The van der Waals surface area contributed by atoms with Crippen LogP contribution in [-0.2, 0) is 14.8 Å². The molecule has 0 saturated carbocycles. The summed E-state index contributed by atoms with van der Waals surface area (Å²) >= 11 is 0. The van der Waals surface area contributed by atoms with Crippen LogP contribution in [0.15, 0.2) is 24.3 Å². The first-order valence-corrected chi connectivity index (χ1v) is 8.55. The van der Waals surface area contributed by atoms with E-state index in [-0.39, 0.29) is 17.7 Å². The lowest BCUT2D eigenvalue weighted by Gasteiger charge is -2.35. The molecule has 0 spiro atoms. The van der Waals surface area contributed by atoms with Crippen LogP contribution in [0.1, 0.15) is 38.7 Å². The molecule has 0 amide bonds. The first-order valence-electron chi connectivity index (χ1n) is 6.94. The minimum Gasteiger partial charge on any atom is -0.481 e. The van der Waals surface area contributed by atoms with E-state index in [4.69, 9.17) is 0 Å². The highest BCUT2D eigenvalue weighted by Gasteiger charge is 2.36. The summed E-state index contributed by atoms with van der Waals surface area (Å²) in [6.45, 7) is 5.84. The van der Waals surface area contributed by atoms with E-state index in [1.54, 1.807) is 24.3 Å². The van der Waals surface area contributed by atoms with Crippen LogP contribution in [0.3, 0.4) is 0 Å². The van der Waals surface area contributed by atoms with E-state index >= 15 is 0 Å². The highest BCUT2D eigenvalue weighted by Crippen LogP contribution is 2.37. The number of carboxylic acids is 1. The van der Waals surface area contributed by atoms with Crippen molar-refractivity contribution in [3.63, 3.8) is 0 Å². The third-order valence-corrected chi connectivity index (χ3v) is 5.73. The number of carboxylic acid groups (broad SMARTS) is 1. The lowest BCUT2D eigenvalue weighted by Crippen LogP contribution is -2.41. The zero-order valence-electron chi connectivity index (χ0n) is 12.5. The Morgan fingerprint density at radius 3 is 2.52 bits per heavy atom. The van der Waals surface area contributed by atoms with Crippen molar-refractivity contribution in [1.29, 1.82) is 0 Å². The minimum absolute atomic E-state index is 0.0338. The minimum atomic E-state index is -3.46. The van der Waals surface area contributed by atoms with Crippen molar-refractivity contribution < 1.29 is 18.3 Å². The van der Waals surface area contributed by atoms with Crippen LogP contribution in [0.4, 0.5) is 5.69 Å². The fraction of sp³-hybridized carbons (Fsp3) is 0.533. The first-order chi connectivity index (χ1) is 9.62. The first kappa shape index (κ1) is 15.8. The fourth-order valence-corrected chi connectivity index (χ4v) is 4.80. The SMILES string of the molecule is CC(C)(C)CS(=O)(=O)N1CCC(C(=O)O)c2ccccc21. The van der Waals surface area contributed by atoms with Crippen LogP contribution in [0.5, 0.6) is 0 Å². The molecular formula is C15H21NO4S. The highest BCUT2D eigenvalue weighted by molar-refractivity contribution is 7.92. The third-order valence-electron chi connectivity index (χ3n) is 3.45. The number of carbonyl (C=O) groups is 1. The molecule has 5 nitrogen and oxygen atoms in total. The molecule has 116 valence electrons. The van der Waals surface area contributed by atoms with Gasteiger partial charge in [0.1, 0.15) is 0 Å². The lowest BCUT2D eigenvalue weighted by atomic mass is 9.91. The maximum atomic E-state index is 12.6. The smallest absolute Gasteiger partial charge is 0.311 e. The van der Waals surface area contributed by atoms with Crippen LogP contribution < -0.4 is 4.31 Å². The van der Waals surface area contributed by atoms with Crippen LogP contribution in [0.2, 0.25) is 0 Å². The zero-order valence-corrected chi connectivity index (χ0v) is 13.4. The molecule has 1 N–H and O–H groups in total. The molecule has 0 aliphatic carbocycles. The molecule has 0 fully saturated rings. The zero-order chi connectivity index (χ0) is 15.8. The second kappa shape index (κ2) is 5.33. The summed E-state index contributed by atoms with van der Waals surface area (Å²) in [5, 5.41) is 9.29. The van der Waals surface area contributed by atoms with Gasteiger partial charge >= 0.3 is 5.97 Å². The Hall–Kier alpha value is -1.56. The van der Waals surface area contributed by atoms with Crippen molar-refractivity contribution in [3.8, 4) is 0 Å². The average Bonchev–Trinajstić information content (AvgIpc) is 2.34. The maximum Gasteiger partial charge on any atom is 0.311 e. The molecule has 1 heterocycles. The Morgan fingerprint density at radius 1 is 1.33 bits per heavy atom. The van der Waals surface area contributed by atoms with Gasteiger partial charge in [0.15, 0.2) is 0 Å². The second-order valence-electron chi connectivity index (χ2n) is 6.63. The van der Waals surface area contributed by atoms with E-state index in [1.165, 1.54) is 4.31 Å². The van der Waals surface area contributed by atoms with Gasteiger partial charge in [-0.1, -0.05) is 39.0 Å². The molecule has 1 aliphatic rings. The van der Waals surface area contributed by atoms with E-state index in [0.29, 0.717) is 17.7 Å². The number of hydrogen-bond acceptors (Lipinski definition) is 3. The summed E-state index contributed by atoms with van der Waals surface area (Å²) in [5.74, 6) is -1.51. The van der Waals surface area contributed by atoms with Gasteiger partial charge in [-0.15, -0.1) is 0 Å². The number of benzene rings is 1. The van der Waals surface area contributed by atoms with Crippen molar-refractivity contribution in [2.75, 3.05) is 16.6 Å². The van der Waals surface area contributed by atoms with Crippen molar-refractivity contribution in [1.82, 2.24) is 0 Å². The van der Waals surface area contributed by atoms with Crippen LogP contribution >= 0.6 is 0 Å². The molecule has 21 heavy (non-hydrogen) atoms. The van der Waals surface area contributed by atoms with Crippen molar-refractivity contribution >= 4 is 21.7 Å². The summed E-state index contributed by atoms with van der Waals surface area (Å²) in [6.07, 6.45) is 0.301. The van der Waals surface area contributed by atoms with Gasteiger partial charge in [-0.2, -0.15) is 0 Å². The molecule has 0 bridgehead atoms. The number of para-hydroxylation sites is 1. The van der Waals surface area contributed by atoms with E-state index in [2.05, 4.69) is 0 Å². The summed E-state index contributed by atoms with van der Waals surface area (Å²) in [7, 11) is -3.46. The molecule has 1 unspecified atom stereocenters. The van der Waals surface area contributed by atoms with Crippen molar-refractivity contribution in [2.24, 2.45) is 5.41 Å². The number of anilines is 1. The summed E-state index contributed by atoms with van der Waals surface area (Å²) in [6, 6.07) is 6.87. The molecule has 1 atom stereocenters. The molecule has 0 radical (unpaired) electrons. The molecule has 1 aromatic carbocycles. The van der Waals surface area contributed by atoms with E-state index < -0.39 is 21.9 Å². The average molecular weight is 311 g/mol. The monoisotopic (exact) mass is 311 g/mol. The lowest BCUT2D eigenvalue weighted by molar-refractivity contribution is -0.139. The largest absolute Gasteiger partial charge is 0.481 e. The van der Waals surface area contributed by atoms with Gasteiger partial charge in [-0.3, -0.25) is 9.10 Å². The fourth-order valence-electron chi connectivity index (χ4n) is 2.70. The number of hydrogen-bond donors (Lipinski definition) is 1. The second-order valence-corrected chi connectivity index (χ2v) is 8.52. The normalized spacial score (nSPS) is 19.2. The number of rotatable bonds is 3. The van der Waals surface area contributed by atoms with Crippen molar-refractivity contribution in [2.45, 2.75) is 33.1 Å². The van der Waals surface area contributed by atoms with Gasteiger partial charge in [-0.25, -0.2) is 8.42 Å². The molecule has 6 heteroatoms. The van der Waals surface area contributed by atoms with Crippen LogP contribution in [0, 0.1) is 5.41 Å². The van der Waals surface area contributed by atoms with Crippen LogP contribution in [-0.4, -0.2) is 31.8 Å². The van der Waals surface area contributed by atoms with Crippen LogP contribution in [0.25, 0.3) is 0 Å². The summed E-state index contributed by atoms with van der Waals surface area (Å²) in [4.78, 5) is 11.3. The Labute approximate surface area is 125 Å². The predicted octanol–water partition coefficient (Wildman–Crippen LogP) is 2.44. The van der Waals surface area contributed by atoms with Gasteiger partial charge in [0.25, 0.3) is 0 Å². The maximum absolute atomic E-state index is 12.6. The number of sulfonamides is 1. The Bertz CT molecular complexity index is 646. The molecule has 1 aromatic rings. The molecular weight excluding hydrogens is 290 g/mol. The van der Waals surface area contributed by atoms with Gasteiger partial charge in [-0.05, 0) is 23.5 Å². The van der Waals surface area contributed by atoms with Gasteiger partial charge in [0.2, 0.25) is 10.0 Å². The van der Waals surface area contributed by atoms with Crippen molar-refractivity contribution in [3.05, 3.63) is 29.8 Å². The number of fused-ring (bicyclic) bond motifs is 1.